The van der Waals surface area contributed by atoms with E-state index < -0.39 is 5.97 Å². The third kappa shape index (κ3) is 5.77. The molecule has 1 amide bonds. The van der Waals surface area contributed by atoms with E-state index in [-0.39, 0.29) is 24.6 Å². The van der Waals surface area contributed by atoms with Crippen molar-refractivity contribution in [2.45, 2.75) is 18.1 Å². The Morgan fingerprint density at radius 2 is 1.79 bits per heavy atom. The quantitative estimate of drug-likeness (QED) is 0.316. The zero-order valence-electron chi connectivity index (χ0n) is 18.0. The number of hydrogen-bond acceptors (Lipinski definition) is 9. The van der Waals surface area contributed by atoms with Gasteiger partial charge < -0.3 is 14.4 Å². The van der Waals surface area contributed by atoms with Crippen LogP contribution in [0.2, 0.25) is 0 Å². The van der Waals surface area contributed by atoms with Crippen LogP contribution < -0.4 is 10.1 Å². The Balaban J connectivity index is 1.41. The van der Waals surface area contributed by atoms with Gasteiger partial charge in [-0.15, -0.1) is 20.4 Å². The second-order valence-corrected chi connectivity index (χ2v) is 8.87. The number of carbonyl (C=O) groups excluding carboxylic acids is 1. The number of anilines is 1. The highest BCUT2D eigenvalue weighted by Gasteiger charge is 2.17. The number of aromatic nitrogens is 5. The number of benzene rings is 2. The molecule has 0 saturated carbocycles. The third-order valence-corrected chi connectivity index (χ3v) is 6.49. The van der Waals surface area contributed by atoms with Gasteiger partial charge in [-0.25, -0.2) is 0 Å². The van der Waals surface area contributed by atoms with E-state index in [4.69, 9.17) is 9.84 Å². The number of thioether (sulfide) groups is 1. The summed E-state index contributed by atoms with van der Waals surface area (Å²) in [5.41, 5.74) is 1.68. The monoisotopic (exact) mass is 496 g/mol. The molecule has 0 radical (unpaired) electrons. The van der Waals surface area contributed by atoms with Crippen LogP contribution in [0.1, 0.15) is 6.42 Å². The van der Waals surface area contributed by atoms with E-state index in [1.54, 1.807) is 11.7 Å². The second-order valence-electron chi connectivity index (χ2n) is 6.95. The molecule has 10 nitrogen and oxygen atoms in total. The van der Waals surface area contributed by atoms with E-state index in [9.17, 15) is 9.59 Å². The maximum absolute atomic E-state index is 12.5. The highest BCUT2D eigenvalue weighted by Crippen LogP contribution is 2.28. The minimum absolute atomic E-state index is 0.0530. The molecule has 2 aromatic heterocycles. The molecule has 0 bridgehead atoms. The van der Waals surface area contributed by atoms with Crippen LogP contribution in [-0.4, -0.2) is 54.8 Å². The Hall–Kier alpha value is -3.77. The van der Waals surface area contributed by atoms with Crippen molar-refractivity contribution in [3.63, 3.8) is 0 Å². The Labute approximate surface area is 203 Å². The molecule has 0 unspecified atom stereocenters. The largest absolute Gasteiger partial charge is 0.497 e. The minimum atomic E-state index is -0.926. The molecule has 4 rings (SSSR count). The van der Waals surface area contributed by atoms with Crippen molar-refractivity contribution in [1.82, 2.24) is 25.0 Å². The average Bonchev–Trinajstić information content (AvgIpc) is 3.49. The summed E-state index contributed by atoms with van der Waals surface area (Å²) in [7, 11) is 1.60. The first-order chi connectivity index (χ1) is 16.5. The normalized spacial score (nSPS) is 10.7. The number of methoxy groups -OCH3 is 1. The van der Waals surface area contributed by atoms with Crippen LogP contribution in [0.3, 0.4) is 0 Å². The molecule has 0 atom stereocenters. The molecule has 12 heteroatoms. The molecule has 34 heavy (non-hydrogen) atoms. The topological polar surface area (TPSA) is 132 Å². The molecule has 0 aliphatic heterocycles. The van der Waals surface area contributed by atoms with E-state index in [0.29, 0.717) is 21.1 Å². The highest BCUT2D eigenvalue weighted by atomic mass is 32.2. The van der Waals surface area contributed by atoms with Crippen LogP contribution in [0, 0.1) is 0 Å². The molecular weight excluding hydrogens is 476 g/mol. The lowest BCUT2D eigenvalue weighted by atomic mass is 10.2. The van der Waals surface area contributed by atoms with Gasteiger partial charge in [-0.1, -0.05) is 53.4 Å². The van der Waals surface area contributed by atoms with Crippen LogP contribution >= 0.6 is 23.1 Å². The highest BCUT2D eigenvalue weighted by molar-refractivity contribution is 7.99. The summed E-state index contributed by atoms with van der Waals surface area (Å²) in [4.78, 5) is 23.6. The lowest BCUT2D eigenvalue weighted by Gasteiger charge is -2.08. The van der Waals surface area contributed by atoms with Crippen LogP contribution in [0.5, 0.6) is 5.75 Å². The number of carboxylic acids is 1. The van der Waals surface area contributed by atoms with Crippen molar-refractivity contribution >= 4 is 40.1 Å². The van der Waals surface area contributed by atoms with Gasteiger partial charge in [0.25, 0.3) is 0 Å². The summed E-state index contributed by atoms with van der Waals surface area (Å²) in [5, 5.41) is 29.9. The molecule has 0 saturated heterocycles. The summed E-state index contributed by atoms with van der Waals surface area (Å²) in [5.74, 6) is 0.141. The zero-order chi connectivity index (χ0) is 23.9. The summed E-state index contributed by atoms with van der Waals surface area (Å²) in [6.45, 7) is 0.193. The van der Waals surface area contributed by atoms with Gasteiger partial charge in [-0.3, -0.25) is 14.9 Å². The molecule has 2 heterocycles. The van der Waals surface area contributed by atoms with Gasteiger partial charge in [0.05, 0.1) is 19.3 Å². The number of carboxylic acid groups (broad SMARTS) is 1. The Morgan fingerprint density at radius 1 is 1.03 bits per heavy atom. The fourth-order valence-corrected chi connectivity index (χ4v) is 4.54. The first-order valence-corrected chi connectivity index (χ1v) is 11.9. The van der Waals surface area contributed by atoms with E-state index in [1.165, 1.54) is 23.1 Å². The first kappa shape index (κ1) is 23.4. The molecule has 0 aliphatic carbocycles. The van der Waals surface area contributed by atoms with Gasteiger partial charge in [0.2, 0.25) is 11.0 Å². The molecule has 4 aromatic rings. The fourth-order valence-electron chi connectivity index (χ4n) is 3.01. The van der Waals surface area contributed by atoms with Gasteiger partial charge in [-0.2, -0.15) is 0 Å². The van der Waals surface area contributed by atoms with Gasteiger partial charge in [-0.05, 0) is 24.3 Å². The van der Waals surface area contributed by atoms with E-state index >= 15 is 0 Å². The zero-order valence-corrected chi connectivity index (χ0v) is 19.7. The molecule has 0 aliphatic rings. The Kier molecular flexibility index (Phi) is 7.50. The van der Waals surface area contributed by atoms with Crippen molar-refractivity contribution < 1.29 is 19.4 Å². The second kappa shape index (κ2) is 10.9. The van der Waals surface area contributed by atoms with Crippen LogP contribution in [-0.2, 0) is 16.1 Å². The van der Waals surface area contributed by atoms with Crippen LogP contribution in [0.25, 0.3) is 22.0 Å². The Bertz CT molecular complexity index is 1270. The van der Waals surface area contributed by atoms with Gasteiger partial charge >= 0.3 is 5.97 Å². The molecule has 0 fully saturated rings. The van der Waals surface area contributed by atoms with E-state index in [2.05, 4.69) is 25.7 Å². The SMILES string of the molecule is COc1ccc(-c2nnc(NC(=O)CSc3nnc(-c4ccccc4)n3CCC(=O)O)s2)cc1. The van der Waals surface area contributed by atoms with E-state index in [0.717, 1.165) is 16.9 Å². The average molecular weight is 497 g/mol. The van der Waals surface area contributed by atoms with Crippen molar-refractivity contribution in [3.8, 4) is 27.7 Å². The molecule has 174 valence electrons. The van der Waals surface area contributed by atoms with E-state index in [1.807, 2.05) is 54.6 Å². The maximum atomic E-state index is 12.5. The number of carbonyl (C=O) groups is 2. The minimum Gasteiger partial charge on any atom is -0.497 e. The maximum Gasteiger partial charge on any atom is 0.305 e. The van der Waals surface area contributed by atoms with Gasteiger partial charge in [0, 0.05) is 17.7 Å². The Morgan fingerprint density at radius 3 is 2.50 bits per heavy atom. The summed E-state index contributed by atoms with van der Waals surface area (Å²) >= 11 is 2.44. The van der Waals surface area contributed by atoms with Crippen LogP contribution in [0.4, 0.5) is 5.13 Å². The predicted octanol–water partition coefficient (Wildman–Crippen LogP) is 3.68. The smallest absolute Gasteiger partial charge is 0.305 e. The summed E-state index contributed by atoms with van der Waals surface area (Å²) < 4.78 is 6.87. The van der Waals surface area contributed by atoms with Gasteiger partial charge in [0.15, 0.2) is 11.0 Å². The molecule has 2 aromatic carbocycles. The molecule has 0 spiro atoms. The van der Waals surface area contributed by atoms with Crippen molar-refractivity contribution in [2.24, 2.45) is 0 Å². The lowest BCUT2D eigenvalue weighted by Crippen LogP contribution is -2.15. The first-order valence-electron chi connectivity index (χ1n) is 10.1. The number of nitrogens with one attached hydrogen (secondary N) is 1. The number of rotatable bonds is 10. The predicted molar refractivity (Wildman–Crippen MR) is 129 cm³/mol. The number of amides is 1. The third-order valence-electron chi connectivity index (χ3n) is 4.64. The number of aliphatic carboxylic acids is 1. The molecular formula is C22H20N6O4S2. The fraction of sp³-hybridized carbons (Fsp3) is 0.182. The molecule has 2 N–H and O–H groups in total. The van der Waals surface area contributed by atoms with Crippen molar-refractivity contribution in [1.29, 1.82) is 0 Å². The van der Waals surface area contributed by atoms with Gasteiger partial charge in [0.1, 0.15) is 10.8 Å². The summed E-state index contributed by atoms with van der Waals surface area (Å²) in [6, 6.07) is 16.8. The standard InChI is InChI=1S/C22H20N6O4S2/c1-32-16-9-7-15(8-10-16)20-25-26-21(34-20)23-17(29)13-33-22-27-24-19(14-5-3-2-4-6-14)28(22)12-11-18(30)31/h2-10H,11-13H2,1H3,(H,30,31)(H,23,26,29). The lowest BCUT2D eigenvalue weighted by molar-refractivity contribution is -0.137. The number of ether oxygens (including phenoxy) is 1. The van der Waals surface area contributed by atoms with Crippen molar-refractivity contribution in [3.05, 3.63) is 54.6 Å². The van der Waals surface area contributed by atoms with Crippen LogP contribution in [0.15, 0.2) is 59.8 Å². The number of nitrogens with zero attached hydrogens (tertiary/aromatic N) is 5. The number of hydrogen-bond donors (Lipinski definition) is 2. The van der Waals surface area contributed by atoms with Crippen molar-refractivity contribution in [2.75, 3.05) is 18.2 Å². The summed E-state index contributed by atoms with van der Waals surface area (Å²) in [6.07, 6.45) is -0.0868.